The van der Waals surface area contributed by atoms with Crippen LogP contribution in [0.4, 0.5) is 0 Å². The van der Waals surface area contributed by atoms with Crippen molar-refractivity contribution >= 4 is 34.4 Å². The molecule has 0 saturated carbocycles. The first-order valence-electron chi connectivity index (χ1n) is 6.71. The summed E-state index contributed by atoms with van der Waals surface area (Å²) in [6.45, 7) is 0. The van der Waals surface area contributed by atoms with E-state index in [0.717, 1.165) is 10.1 Å². The van der Waals surface area contributed by atoms with E-state index in [9.17, 15) is 9.59 Å². The molecular weight excluding hydrogens is 336 g/mol. The molecule has 3 rings (SSSR count). The molecule has 6 nitrogen and oxygen atoms in total. The first-order valence-corrected chi connectivity index (χ1v) is 8.32. The van der Waals surface area contributed by atoms with Gasteiger partial charge in [0.15, 0.2) is 11.5 Å². The second-order valence-corrected chi connectivity index (χ2v) is 6.20. The number of thioether (sulfide) groups is 1. The second-order valence-electron chi connectivity index (χ2n) is 4.97. The van der Waals surface area contributed by atoms with Gasteiger partial charge in [0.2, 0.25) is 0 Å². The van der Waals surface area contributed by atoms with Crippen LogP contribution in [0.25, 0.3) is 22.4 Å². The summed E-state index contributed by atoms with van der Waals surface area (Å²) in [5.74, 6) is 0.424. The monoisotopic (exact) mass is 348 g/mol. The van der Waals surface area contributed by atoms with Crippen molar-refractivity contribution in [3.8, 4) is 11.4 Å². The Labute approximate surface area is 140 Å². The van der Waals surface area contributed by atoms with Crippen LogP contribution in [0.5, 0.6) is 0 Å². The van der Waals surface area contributed by atoms with Gasteiger partial charge in [0.1, 0.15) is 10.4 Å². The van der Waals surface area contributed by atoms with Crippen molar-refractivity contribution in [3.05, 3.63) is 50.1 Å². The number of aromatic nitrogens is 4. The first-order chi connectivity index (χ1) is 10.9. The Morgan fingerprint density at radius 2 is 1.87 bits per heavy atom. The molecule has 0 saturated heterocycles. The number of benzene rings is 1. The lowest BCUT2D eigenvalue weighted by atomic mass is 10.2. The van der Waals surface area contributed by atoms with Crippen LogP contribution in [0.3, 0.4) is 0 Å². The van der Waals surface area contributed by atoms with Crippen LogP contribution in [0.2, 0.25) is 5.02 Å². The van der Waals surface area contributed by atoms with Crippen LogP contribution in [0.15, 0.2) is 38.9 Å². The van der Waals surface area contributed by atoms with E-state index in [1.807, 2.05) is 12.3 Å². The summed E-state index contributed by atoms with van der Waals surface area (Å²) < 4.78 is 2.41. The zero-order chi connectivity index (χ0) is 16.7. The fourth-order valence-electron chi connectivity index (χ4n) is 2.33. The summed E-state index contributed by atoms with van der Waals surface area (Å²) in [4.78, 5) is 33.5. The van der Waals surface area contributed by atoms with Crippen molar-refractivity contribution < 1.29 is 0 Å². The van der Waals surface area contributed by atoms with Gasteiger partial charge in [0.05, 0.1) is 0 Å². The lowest BCUT2D eigenvalue weighted by Crippen LogP contribution is -2.37. The standard InChI is InChI=1S/C15H13ClN4O2S/c1-19-12-10(14(21)20(2)15(19)22)13(23-3)18-11(17-12)8-5-4-6-9(16)7-8/h4-7H,1-3H3. The largest absolute Gasteiger partial charge is 0.332 e. The smallest absolute Gasteiger partial charge is 0.280 e. The molecule has 0 spiro atoms. The SMILES string of the molecule is CSc1nc(-c2cccc(Cl)c2)nc2c1c(=O)n(C)c(=O)n2C. The van der Waals surface area contributed by atoms with Crippen LogP contribution >= 0.6 is 23.4 Å². The van der Waals surface area contributed by atoms with Gasteiger partial charge >= 0.3 is 5.69 Å². The molecule has 8 heteroatoms. The maximum Gasteiger partial charge on any atom is 0.332 e. The Kier molecular flexibility index (Phi) is 3.99. The number of aryl methyl sites for hydroxylation is 1. The summed E-state index contributed by atoms with van der Waals surface area (Å²) in [6.07, 6.45) is 1.83. The molecule has 118 valence electrons. The van der Waals surface area contributed by atoms with Gasteiger partial charge in [0.25, 0.3) is 5.56 Å². The van der Waals surface area contributed by atoms with Crippen molar-refractivity contribution in [2.45, 2.75) is 5.03 Å². The molecule has 0 amide bonds. The highest BCUT2D eigenvalue weighted by atomic mass is 35.5. The van der Waals surface area contributed by atoms with Crippen LogP contribution in [-0.2, 0) is 14.1 Å². The molecular formula is C15H13ClN4O2S. The van der Waals surface area contributed by atoms with Gasteiger partial charge in [-0.15, -0.1) is 11.8 Å². The highest BCUT2D eigenvalue weighted by Crippen LogP contribution is 2.25. The number of rotatable bonds is 2. The molecule has 0 fully saturated rings. The predicted octanol–water partition coefficient (Wildman–Crippen LogP) is 2.07. The Bertz CT molecular complexity index is 1040. The van der Waals surface area contributed by atoms with Crippen molar-refractivity contribution in [2.24, 2.45) is 14.1 Å². The van der Waals surface area contributed by atoms with E-state index < -0.39 is 11.2 Å². The van der Waals surface area contributed by atoms with Gasteiger partial charge in [-0.05, 0) is 18.4 Å². The lowest BCUT2D eigenvalue weighted by molar-refractivity contribution is 0.703. The average Bonchev–Trinajstić information content (AvgIpc) is 2.56. The normalized spacial score (nSPS) is 11.1. The highest BCUT2D eigenvalue weighted by molar-refractivity contribution is 7.98. The van der Waals surface area contributed by atoms with Gasteiger partial charge in [-0.25, -0.2) is 14.8 Å². The van der Waals surface area contributed by atoms with Crippen molar-refractivity contribution in [1.82, 2.24) is 19.1 Å². The fraction of sp³-hybridized carbons (Fsp3) is 0.200. The third kappa shape index (κ3) is 2.55. The molecule has 0 aliphatic heterocycles. The minimum atomic E-state index is -0.426. The maximum atomic E-state index is 12.4. The topological polar surface area (TPSA) is 69.8 Å². The molecule has 1 aromatic carbocycles. The quantitative estimate of drug-likeness (QED) is 0.524. The minimum absolute atomic E-state index is 0.312. The molecule has 0 aliphatic carbocycles. The number of nitrogens with zero attached hydrogens (tertiary/aromatic N) is 4. The van der Waals surface area contributed by atoms with Gasteiger partial charge in [-0.2, -0.15) is 0 Å². The lowest BCUT2D eigenvalue weighted by Gasteiger charge is -2.11. The van der Waals surface area contributed by atoms with Gasteiger partial charge < -0.3 is 0 Å². The summed E-state index contributed by atoms with van der Waals surface area (Å²) in [6, 6.07) is 7.13. The molecule has 23 heavy (non-hydrogen) atoms. The number of hydrogen-bond acceptors (Lipinski definition) is 5. The molecule has 0 aliphatic rings. The number of halogens is 1. The molecule has 0 atom stereocenters. The van der Waals surface area contributed by atoms with E-state index >= 15 is 0 Å². The van der Waals surface area contributed by atoms with Crippen molar-refractivity contribution in [3.63, 3.8) is 0 Å². The summed E-state index contributed by atoms with van der Waals surface area (Å²) in [5.41, 5.74) is 0.214. The van der Waals surface area contributed by atoms with Crippen LogP contribution in [0.1, 0.15) is 0 Å². The third-order valence-corrected chi connectivity index (χ3v) is 4.46. The molecule has 0 bridgehead atoms. The van der Waals surface area contributed by atoms with E-state index in [1.54, 1.807) is 25.2 Å². The van der Waals surface area contributed by atoms with E-state index in [-0.39, 0.29) is 0 Å². The Morgan fingerprint density at radius 3 is 2.52 bits per heavy atom. The molecule has 2 heterocycles. The Balaban J connectivity index is 2.46. The average molecular weight is 349 g/mol. The molecule has 2 aromatic heterocycles. The van der Waals surface area contributed by atoms with E-state index in [1.165, 1.54) is 23.4 Å². The number of fused-ring (bicyclic) bond motifs is 1. The first kappa shape index (κ1) is 15.8. The molecule has 3 aromatic rings. The fourth-order valence-corrected chi connectivity index (χ4v) is 3.08. The zero-order valence-electron chi connectivity index (χ0n) is 12.7. The second kappa shape index (κ2) is 5.82. The van der Waals surface area contributed by atoms with Gasteiger partial charge in [0, 0.05) is 24.7 Å². The van der Waals surface area contributed by atoms with Crippen LogP contribution in [-0.4, -0.2) is 25.4 Å². The zero-order valence-corrected chi connectivity index (χ0v) is 14.3. The van der Waals surface area contributed by atoms with Crippen LogP contribution in [0, 0.1) is 0 Å². The summed E-state index contributed by atoms with van der Waals surface area (Å²) >= 11 is 7.36. The third-order valence-electron chi connectivity index (χ3n) is 3.54. The van der Waals surface area contributed by atoms with Crippen molar-refractivity contribution in [1.29, 1.82) is 0 Å². The molecule has 0 unspecified atom stereocenters. The summed E-state index contributed by atoms with van der Waals surface area (Å²) in [5, 5.41) is 1.43. The predicted molar refractivity (Wildman–Crippen MR) is 92.2 cm³/mol. The Hall–Kier alpha value is -2.12. The Morgan fingerprint density at radius 1 is 1.13 bits per heavy atom. The van der Waals surface area contributed by atoms with Crippen molar-refractivity contribution in [2.75, 3.05) is 6.26 Å². The molecule has 0 radical (unpaired) electrons. The van der Waals surface area contributed by atoms with Crippen LogP contribution < -0.4 is 11.2 Å². The number of hydrogen-bond donors (Lipinski definition) is 0. The van der Waals surface area contributed by atoms with Gasteiger partial charge in [-0.3, -0.25) is 13.9 Å². The molecule has 0 N–H and O–H groups in total. The minimum Gasteiger partial charge on any atom is -0.280 e. The maximum absolute atomic E-state index is 12.4. The van der Waals surface area contributed by atoms with E-state index in [4.69, 9.17) is 11.6 Å². The van der Waals surface area contributed by atoms with E-state index in [0.29, 0.717) is 26.9 Å². The van der Waals surface area contributed by atoms with E-state index in [2.05, 4.69) is 9.97 Å². The highest BCUT2D eigenvalue weighted by Gasteiger charge is 2.17. The summed E-state index contributed by atoms with van der Waals surface area (Å²) in [7, 11) is 3.03. The van der Waals surface area contributed by atoms with Gasteiger partial charge in [-0.1, -0.05) is 23.7 Å².